The molecule has 6 aliphatic carbocycles. The number of ether oxygens (including phenoxy) is 1. The highest BCUT2D eigenvalue weighted by Crippen LogP contribution is 2.72. The maximum absolute atomic E-state index is 11.7. The highest BCUT2D eigenvalue weighted by Gasteiger charge is 2.63. The number of unbranched alkanes of at least 4 members (excludes halogenated alkanes) is 1. The average molecular weight is 1000 g/mol. The lowest BCUT2D eigenvalue weighted by molar-refractivity contribution is 0.0440. The molecule has 0 radical (unpaired) electrons. The molecule has 12 atom stereocenters. The molecule has 14 heteroatoms. The van der Waals surface area contributed by atoms with Crippen molar-refractivity contribution < 1.29 is 29.6 Å². The molecule has 10 rings (SSSR count). The molecule has 0 amide bonds. The van der Waals surface area contributed by atoms with Gasteiger partial charge in [-0.05, 0) is 147 Å². The first kappa shape index (κ1) is 51.8. The summed E-state index contributed by atoms with van der Waals surface area (Å²) in [6.07, 6.45) is 22.6. The maximum atomic E-state index is 11.7. The number of nitrogens with one attached hydrogen (secondary N) is 3. The van der Waals surface area contributed by atoms with Crippen molar-refractivity contribution in [1.29, 1.82) is 0 Å². The second-order valence-corrected chi connectivity index (χ2v) is 25.1. The lowest BCUT2D eigenvalue weighted by Crippen LogP contribution is -2.46. The van der Waals surface area contributed by atoms with Gasteiger partial charge in [-0.1, -0.05) is 78.8 Å². The summed E-state index contributed by atoms with van der Waals surface area (Å²) >= 11 is 0. The molecule has 3 saturated carbocycles. The van der Waals surface area contributed by atoms with Crippen LogP contribution in [0.3, 0.4) is 0 Å². The van der Waals surface area contributed by atoms with Crippen molar-refractivity contribution >= 4 is 27.5 Å². The molecule has 4 fully saturated rings. The normalized spacial score (nSPS) is 31.5. The largest absolute Gasteiger partial charge is 0.504 e. The first-order valence-electron chi connectivity index (χ1n) is 27.0. The van der Waals surface area contributed by atoms with E-state index in [9.17, 15) is 20.4 Å². The van der Waals surface area contributed by atoms with Crippen LogP contribution in [0.25, 0.3) is 0 Å². The number of aryl methyl sites for hydroxylation is 3. The van der Waals surface area contributed by atoms with Crippen molar-refractivity contribution in [3.8, 4) is 11.5 Å². The Morgan fingerprint density at radius 1 is 1.00 bits per heavy atom. The summed E-state index contributed by atoms with van der Waals surface area (Å²) in [6.45, 7) is 5.47. The molecule has 3 heterocycles. The summed E-state index contributed by atoms with van der Waals surface area (Å²) in [7, 11) is 5.65. The number of aromatic hydroxyl groups is 1. The van der Waals surface area contributed by atoms with Gasteiger partial charge in [0.05, 0.1) is 12.7 Å². The number of nitrogens with two attached hydrogens (primary N) is 2. The number of phenols is 1. The van der Waals surface area contributed by atoms with Gasteiger partial charge in [0.1, 0.15) is 24.2 Å². The third-order valence-electron chi connectivity index (χ3n) is 18.3. The SMILES string of the molecule is CN=C(N)N[C@@H]1CSSC[C@H]2C[C@H](CC[C@H]1C)[C@@H](CCCCc1oc(CCc3ccc(O)c(OC[C@H](O)c4cc5c([nH]4)[C@H]4C=C[C@@]6(CCC[C@@H]6C46CCCC6)[C@@H]5CNC[C@H](C)O)c3)cc1CO)C[C@H]2N. The number of phenolic OH excluding ortho intramolecular Hbond substituents is 1. The van der Waals surface area contributed by atoms with E-state index in [1.807, 2.05) is 46.7 Å². The van der Waals surface area contributed by atoms with Crippen molar-refractivity contribution in [2.75, 3.05) is 38.2 Å². The summed E-state index contributed by atoms with van der Waals surface area (Å²) in [5, 5.41) is 50.2. The monoisotopic (exact) mass is 1000 g/mol. The average Bonchev–Trinajstić information content (AvgIpc) is 4.17. The maximum Gasteiger partial charge on any atom is 0.188 e. The Kier molecular flexibility index (Phi) is 17.0. The van der Waals surface area contributed by atoms with Gasteiger partial charge in [-0.2, -0.15) is 0 Å². The molecular weight excluding hydrogens is 917 g/mol. The van der Waals surface area contributed by atoms with Crippen molar-refractivity contribution in [2.45, 2.75) is 166 Å². The summed E-state index contributed by atoms with van der Waals surface area (Å²) in [6, 6.07) is 10.2. The van der Waals surface area contributed by atoms with Crippen LogP contribution in [0.4, 0.5) is 0 Å². The molecule has 1 aliphatic heterocycles. The molecule has 1 aromatic carbocycles. The number of nitrogens with zero attached hydrogens (tertiary/aromatic N) is 1. The van der Waals surface area contributed by atoms with Crippen molar-refractivity contribution in [3.63, 3.8) is 0 Å². The molecule has 4 bridgehead atoms. The number of allylic oxidation sites excluding steroid dienone is 2. The molecule has 2 spiro atoms. The molecule has 2 aromatic heterocycles. The molecule has 386 valence electrons. The number of guanidine groups is 1. The number of aromatic amines is 1. The Bertz CT molecular complexity index is 2260. The van der Waals surface area contributed by atoms with Crippen LogP contribution in [0.1, 0.15) is 161 Å². The molecule has 11 N–H and O–H groups in total. The number of aliphatic hydroxyl groups excluding tert-OH is 3. The number of hydrogen-bond acceptors (Lipinski definition) is 11. The Balaban J connectivity index is 0.793. The fraction of sp³-hybridized carbons (Fsp3) is 0.696. The molecule has 0 unspecified atom stereocenters. The summed E-state index contributed by atoms with van der Waals surface area (Å²) in [4.78, 5) is 7.94. The number of hydrogen-bond donors (Lipinski definition) is 9. The summed E-state index contributed by atoms with van der Waals surface area (Å²) in [5.74, 6) is 8.30. The molecule has 70 heavy (non-hydrogen) atoms. The fourth-order valence-corrected chi connectivity index (χ4v) is 17.5. The number of rotatable bonds is 18. The van der Waals surface area contributed by atoms with Crippen LogP contribution >= 0.6 is 21.6 Å². The molecule has 3 aromatic rings. The van der Waals surface area contributed by atoms with Crippen LogP contribution < -0.4 is 26.8 Å². The summed E-state index contributed by atoms with van der Waals surface area (Å²) < 4.78 is 12.6. The van der Waals surface area contributed by atoms with Gasteiger partial charge in [0.2, 0.25) is 0 Å². The Hall–Kier alpha value is -3.11. The van der Waals surface area contributed by atoms with Gasteiger partial charge in [0.15, 0.2) is 17.5 Å². The molecule has 1 saturated heterocycles. The molecule has 7 aliphatic rings. The predicted octanol–water partition coefficient (Wildman–Crippen LogP) is 9.17. The third-order valence-corrected chi connectivity index (χ3v) is 20.9. The van der Waals surface area contributed by atoms with Crippen molar-refractivity contribution in [3.05, 3.63) is 82.1 Å². The number of aromatic nitrogens is 1. The number of H-pyrrole nitrogens is 1. The van der Waals surface area contributed by atoms with Crippen LogP contribution in [0.5, 0.6) is 11.5 Å². The number of aliphatic hydroxyl groups is 3. The number of benzene rings is 1. The van der Waals surface area contributed by atoms with Crippen LogP contribution in [0.15, 0.2) is 51.9 Å². The van der Waals surface area contributed by atoms with Gasteiger partial charge in [-0.3, -0.25) is 4.99 Å². The Labute approximate surface area is 425 Å². The van der Waals surface area contributed by atoms with E-state index in [0.29, 0.717) is 72.6 Å². The highest BCUT2D eigenvalue weighted by atomic mass is 33.1. The number of fused-ring (bicyclic) bond motifs is 2. The van der Waals surface area contributed by atoms with Crippen LogP contribution in [0, 0.1) is 40.4 Å². The predicted molar refractivity (Wildman–Crippen MR) is 284 cm³/mol. The van der Waals surface area contributed by atoms with Crippen LogP contribution in [-0.4, -0.2) is 87.8 Å². The highest BCUT2D eigenvalue weighted by molar-refractivity contribution is 8.76. The van der Waals surface area contributed by atoms with Gasteiger partial charge in [-0.15, -0.1) is 0 Å². The van der Waals surface area contributed by atoms with E-state index in [-0.39, 0.29) is 41.8 Å². The van der Waals surface area contributed by atoms with E-state index in [1.165, 1.54) is 81.9 Å². The first-order chi connectivity index (χ1) is 33.9. The minimum Gasteiger partial charge on any atom is -0.504 e. The first-order valence-corrected chi connectivity index (χ1v) is 29.5. The van der Waals surface area contributed by atoms with E-state index < -0.39 is 12.2 Å². The van der Waals surface area contributed by atoms with E-state index in [2.05, 4.69) is 45.8 Å². The zero-order valence-electron chi connectivity index (χ0n) is 42.2. The van der Waals surface area contributed by atoms with E-state index in [4.69, 9.17) is 20.6 Å². The number of aliphatic imine (C=N–C) groups is 1. The second-order valence-electron chi connectivity index (χ2n) is 22.6. The zero-order valence-corrected chi connectivity index (χ0v) is 43.8. The van der Waals surface area contributed by atoms with E-state index in [1.54, 1.807) is 13.1 Å². The minimum atomic E-state index is -0.911. The van der Waals surface area contributed by atoms with Crippen LogP contribution in [-0.2, 0) is 25.9 Å². The van der Waals surface area contributed by atoms with Gasteiger partial charge in [-0.25, -0.2) is 0 Å². The van der Waals surface area contributed by atoms with Gasteiger partial charge < -0.3 is 56.7 Å². The minimum absolute atomic E-state index is 0.00219. The van der Waals surface area contributed by atoms with Crippen LogP contribution in [0.2, 0.25) is 0 Å². The second kappa shape index (κ2) is 23.0. The van der Waals surface area contributed by atoms with Gasteiger partial charge >= 0.3 is 0 Å². The van der Waals surface area contributed by atoms with Gasteiger partial charge in [0.25, 0.3) is 0 Å². The molecule has 12 nitrogen and oxygen atoms in total. The number of furan rings is 1. The zero-order chi connectivity index (χ0) is 49.0. The van der Waals surface area contributed by atoms with Gasteiger partial charge in [0, 0.05) is 85.4 Å². The quantitative estimate of drug-likeness (QED) is 0.0192. The van der Waals surface area contributed by atoms with E-state index >= 15 is 0 Å². The lowest BCUT2D eigenvalue weighted by Gasteiger charge is -2.52. The Morgan fingerprint density at radius 2 is 1.83 bits per heavy atom. The lowest BCUT2D eigenvalue weighted by atomic mass is 9.52. The fourth-order valence-electron chi connectivity index (χ4n) is 14.6. The third kappa shape index (κ3) is 11.0. The standard InChI is InChI=1S/C56H84N6O6S2/c1-34-12-15-38-24-40(32-69-70-33-47(34)62-54(58)59-3)45(57)26-37(38)9-4-5-10-50-39(30-63)25-41(68-50)16-13-36-14-17-48(65)51(23-36)67-31-49(66)46-27-42-44(29-60-28-35(2)64)56-21-8-11-52(56)55(19-6-7-20-55)43(18-22-56)53(42)61-46/h14,17-18,22-23,25,27,34-35,37-38,40,43-45,47,49,52,60-61,63-66H,4-13,15-16,19-21,24,26,28-33,57H2,1-3H3,(H3,58,59,62)/t34-,35+,37+,38+,40-,43-,44-,45-,47-,49+,52-,56+/m1/s1. The van der Waals surface area contributed by atoms with Crippen molar-refractivity contribution in [1.82, 2.24) is 15.6 Å². The van der Waals surface area contributed by atoms with Crippen molar-refractivity contribution in [2.24, 2.45) is 56.9 Å². The smallest absolute Gasteiger partial charge is 0.188 e. The Morgan fingerprint density at radius 3 is 2.63 bits per heavy atom. The van der Waals surface area contributed by atoms with E-state index in [0.717, 1.165) is 72.1 Å². The summed E-state index contributed by atoms with van der Waals surface area (Å²) in [5.41, 5.74) is 18.5. The topological polar surface area (TPSA) is 208 Å². The molecular formula is C56H84N6O6S2.